The number of hydrogen-bond acceptors (Lipinski definition) is 3. The number of anilines is 1. The van der Waals surface area contributed by atoms with Crippen molar-refractivity contribution in [2.45, 2.75) is 39.2 Å². The molecule has 2 atom stereocenters. The minimum atomic E-state index is -0.907. The number of benzene rings is 1. The van der Waals surface area contributed by atoms with Gasteiger partial charge in [-0.05, 0) is 37.5 Å². The molecule has 1 saturated carbocycles. The van der Waals surface area contributed by atoms with Gasteiger partial charge in [0.2, 0.25) is 0 Å². The molecule has 0 saturated heterocycles. The summed E-state index contributed by atoms with van der Waals surface area (Å²) in [6.45, 7) is 3.56. The summed E-state index contributed by atoms with van der Waals surface area (Å²) in [5.41, 5.74) is 0.289. The van der Waals surface area contributed by atoms with Gasteiger partial charge in [0, 0.05) is 11.5 Å². The lowest BCUT2D eigenvalue weighted by atomic mass is 9.86. The molecular formula is C16H21FN2O3. The van der Waals surface area contributed by atoms with Gasteiger partial charge in [-0.3, -0.25) is 9.59 Å². The molecule has 1 aliphatic rings. The van der Waals surface area contributed by atoms with Crippen molar-refractivity contribution in [1.82, 2.24) is 5.32 Å². The van der Waals surface area contributed by atoms with Gasteiger partial charge >= 0.3 is 11.8 Å². The van der Waals surface area contributed by atoms with Gasteiger partial charge in [-0.15, -0.1) is 0 Å². The van der Waals surface area contributed by atoms with Gasteiger partial charge in [0.05, 0.1) is 12.3 Å². The van der Waals surface area contributed by atoms with Crippen LogP contribution >= 0.6 is 0 Å². The van der Waals surface area contributed by atoms with E-state index < -0.39 is 23.0 Å². The van der Waals surface area contributed by atoms with Crippen LogP contribution in [-0.2, 0) is 9.59 Å². The molecule has 0 spiro atoms. The largest absolute Gasteiger partial charge is 0.396 e. The maximum Gasteiger partial charge on any atom is 0.313 e. The average Bonchev–Trinajstić information content (AvgIpc) is 2.83. The van der Waals surface area contributed by atoms with Crippen LogP contribution < -0.4 is 10.6 Å². The van der Waals surface area contributed by atoms with E-state index in [2.05, 4.69) is 10.6 Å². The Hall–Kier alpha value is -1.95. The smallest absolute Gasteiger partial charge is 0.313 e. The molecular weight excluding hydrogens is 287 g/mol. The summed E-state index contributed by atoms with van der Waals surface area (Å²) in [5.74, 6) is -2.30. The van der Waals surface area contributed by atoms with Crippen LogP contribution in [0.2, 0.25) is 0 Å². The Morgan fingerprint density at radius 1 is 1.41 bits per heavy atom. The molecule has 0 radical (unpaired) electrons. The van der Waals surface area contributed by atoms with Crippen molar-refractivity contribution in [2.24, 2.45) is 5.41 Å². The number of rotatable bonds is 3. The second-order valence-electron chi connectivity index (χ2n) is 6.17. The van der Waals surface area contributed by atoms with Gasteiger partial charge in [0.25, 0.3) is 0 Å². The number of aliphatic hydroxyl groups excluding tert-OH is 1. The van der Waals surface area contributed by atoms with Crippen LogP contribution in [0.4, 0.5) is 10.1 Å². The molecule has 2 amide bonds. The van der Waals surface area contributed by atoms with Gasteiger partial charge < -0.3 is 15.7 Å². The zero-order valence-corrected chi connectivity index (χ0v) is 12.8. The first-order chi connectivity index (χ1) is 10.4. The van der Waals surface area contributed by atoms with Crippen molar-refractivity contribution in [3.8, 4) is 0 Å². The molecule has 0 aliphatic heterocycles. The summed E-state index contributed by atoms with van der Waals surface area (Å²) in [7, 11) is 0. The monoisotopic (exact) mass is 308 g/mol. The van der Waals surface area contributed by atoms with E-state index in [1.807, 2.05) is 6.92 Å². The molecule has 6 heteroatoms. The van der Waals surface area contributed by atoms with E-state index in [1.165, 1.54) is 12.1 Å². The number of aryl methyl sites for hydroxylation is 1. The Balaban J connectivity index is 1.99. The van der Waals surface area contributed by atoms with E-state index in [1.54, 1.807) is 13.0 Å². The fourth-order valence-electron chi connectivity index (χ4n) is 2.79. The minimum absolute atomic E-state index is 0.0258. The number of amides is 2. The Morgan fingerprint density at radius 3 is 2.77 bits per heavy atom. The van der Waals surface area contributed by atoms with Gasteiger partial charge in [-0.25, -0.2) is 4.39 Å². The van der Waals surface area contributed by atoms with Crippen molar-refractivity contribution in [2.75, 3.05) is 11.9 Å². The molecule has 3 N–H and O–H groups in total. The molecule has 1 aromatic rings. The molecule has 1 aromatic carbocycles. The third-order valence-corrected chi connectivity index (χ3v) is 4.33. The van der Waals surface area contributed by atoms with E-state index >= 15 is 0 Å². The first-order valence-corrected chi connectivity index (χ1v) is 7.34. The summed E-state index contributed by atoms with van der Waals surface area (Å²) < 4.78 is 13.7. The molecule has 0 bridgehead atoms. The van der Waals surface area contributed by atoms with Gasteiger partial charge in [-0.1, -0.05) is 19.4 Å². The highest BCUT2D eigenvalue weighted by molar-refractivity contribution is 6.39. The van der Waals surface area contributed by atoms with Crippen LogP contribution in [0, 0.1) is 18.2 Å². The highest BCUT2D eigenvalue weighted by Crippen LogP contribution is 2.37. The van der Waals surface area contributed by atoms with E-state index in [0.717, 1.165) is 24.8 Å². The highest BCUT2D eigenvalue weighted by atomic mass is 19.1. The number of carbonyl (C=O) groups is 2. The first kappa shape index (κ1) is 16.4. The highest BCUT2D eigenvalue weighted by Gasteiger charge is 2.39. The van der Waals surface area contributed by atoms with Crippen LogP contribution in [0.3, 0.4) is 0 Å². The summed E-state index contributed by atoms with van der Waals surface area (Å²) in [6.07, 6.45) is 2.40. The third-order valence-electron chi connectivity index (χ3n) is 4.33. The Labute approximate surface area is 128 Å². The number of aliphatic hydroxyl groups is 1. The molecule has 2 rings (SSSR count). The number of nitrogens with one attached hydrogen (secondary N) is 2. The predicted molar refractivity (Wildman–Crippen MR) is 80.7 cm³/mol. The van der Waals surface area contributed by atoms with Crippen molar-refractivity contribution in [3.63, 3.8) is 0 Å². The van der Waals surface area contributed by atoms with Gasteiger partial charge in [-0.2, -0.15) is 0 Å². The average molecular weight is 308 g/mol. The van der Waals surface area contributed by atoms with Gasteiger partial charge in [0.15, 0.2) is 0 Å². The van der Waals surface area contributed by atoms with Crippen LogP contribution in [0.1, 0.15) is 31.7 Å². The summed E-state index contributed by atoms with van der Waals surface area (Å²) in [5, 5.41) is 14.3. The molecule has 2 unspecified atom stereocenters. The first-order valence-electron chi connectivity index (χ1n) is 7.34. The zero-order valence-electron chi connectivity index (χ0n) is 12.8. The van der Waals surface area contributed by atoms with E-state index in [4.69, 9.17) is 0 Å². The van der Waals surface area contributed by atoms with Crippen LogP contribution in [0.25, 0.3) is 0 Å². The van der Waals surface area contributed by atoms with Crippen molar-refractivity contribution < 1.29 is 19.1 Å². The van der Waals surface area contributed by atoms with Crippen molar-refractivity contribution in [1.29, 1.82) is 0 Å². The number of halogens is 1. The molecule has 5 nitrogen and oxygen atoms in total. The summed E-state index contributed by atoms with van der Waals surface area (Å²) in [6, 6.07) is 4.10. The normalized spacial score (nSPS) is 24.1. The minimum Gasteiger partial charge on any atom is -0.396 e. The fourth-order valence-corrected chi connectivity index (χ4v) is 2.79. The second-order valence-corrected chi connectivity index (χ2v) is 6.17. The van der Waals surface area contributed by atoms with Crippen LogP contribution in [0.5, 0.6) is 0 Å². The van der Waals surface area contributed by atoms with Crippen molar-refractivity contribution in [3.05, 3.63) is 29.6 Å². The SMILES string of the molecule is Cc1ccc(NC(=O)C(=O)NC2CCCC2(C)CO)c(F)c1. The number of hydrogen-bond donors (Lipinski definition) is 3. The Morgan fingerprint density at radius 2 is 2.14 bits per heavy atom. The quantitative estimate of drug-likeness (QED) is 0.744. The zero-order chi connectivity index (χ0) is 16.3. The van der Waals surface area contributed by atoms with Crippen LogP contribution in [-0.4, -0.2) is 29.6 Å². The van der Waals surface area contributed by atoms with E-state index in [9.17, 15) is 19.1 Å². The maximum atomic E-state index is 13.7. The lowest BCUT2D eigenvalue weighted by Crippen LogP contribution is -2.48. The Kier molecular flexibility index (Phi) is 4.81. The molecule has 1 aliphatic carbocycles. The van der Waals surface area contributed by atoms with Crippen molar-refractivity contribution >= 4 is 17.5 Å². The molecule has 0 aromatic heterocycles. The third kappa shape index (κ3) is 3.44. The van der Waals surface area contributed by atoms with E-state index in [-0.39, 0.29) is 18.3 Å². The van der Waals surface area contributed by atoms with Gasteiger partial charge in [0.1, 0.15) is 5.82 Å². The standard InChI is InChI=1S/C16H21FN2O3/c1-10-5-6-12(11(17)8-10)18-14(21)15(22)19-13-4-3-7-16(13,2)9-20/h5-6,8,13,20H,3-4,7,9H2,1-2H3,(H,18,21)(H,19,22). The number of carbonyl (C=O) groups excluding carboxylic acids is 2. The lowest BCUT2D eigenvalue weighted by molar-refractivity contribution is -0.137. The summed E-state index contributed by atoms with van der Waals surface area (Å²) in [4.78, 5) is 23.8. The molecule has 0 heterocycles. The van der Waals surface area contributed by atoms with Crippen LogP contribution in [0.15, 0.2) is 18.2 Å². The molecule has 22 heavy (non-hydrogen) atoms. The topological polar surface area (TPSA) is 78.4 Å². The maximum absolute atomic E-state index is 13.7. The second kappa shape index (κ2) is 6.44. The van der Waals surface area contributed by atoms with E-state index in [0.29, 0.717) is 0 Å². The molecule has 120 valence electrons. The Bertz CT molecular complexity index is 591. The predicted octanol–water partition coefficient (Wildman–Crippen LogP) is 1.74. The molecule has 1 fully saturated rings. The summed E-state index contributed by atoms with van der Waals surface area (Å²) >= 11 is 0. The lowest BCUT2D eigenvalue weighted by Gasteiger charge is -2.29. The fraction of sp³-hybridized carbons (Fsp3) is 0.500.